The molecule has 11 nitrogen and oxygen atoms in total. The van der Waals surface area contributed by atoms with Crippen molar-refractivity contribution in [1.82, 2.24) is 14.5 Å². The zero-order valence-electron chi connectivity index (χ0n) is 26.0. The van der Waals surface area contributed by atoms with Gasteiger partial charge in [-0.2, -0.15) is 18.2 Å². The van der Waals surface area contributed by atoms with Crippen LogP contribution in [0.3, 0.4) is 0 Å². The number of benzene rings is 3. The second kappa shape index (κ2) is 14.6. The highest BCUT2D eigenvalue weighted by molar-refractivity contribution is 7.90. The van der Waals surface area contributed by atoms with Gasteiger partial charge in [0.2, 0.25) is 5.91 Å². The van der Waals surface area contributed by atoms with E-state index < -0.39 is 16.2 Å². The average molecular weight is 646 g/mol. The maximum Gasteiger partial charge on any atom is 0.304 e. The first-order valence-corrected chi connectivity index (χ1v) is 16.8. The van der Waals surface area contributed by atoms with Crippen molar-refractivity contribution in [2.24, 2.45) is 0 Å². The Hall–Kier alpha value is -4.68. The van der Waals surface area contributed by atoms with E-state index in [1.807, 2.05) is 48.4 Å². The Bertz CT molecular complexity index is 1820. The summed E-state index contributed by atoms with van der Waals surface area (Å²) >= 11 is 0. The number of hydrogen-bond acceptors (Lipinski definition) is 6. The molecule has 0 fully saturated rings. The highest BCUT2D eigenvalue weighted by Gasteiger charge is 2.25. The van der Waals surface area contributed by atoms with Gasteiger partial charge in [-0.3, -0.25) is 19.0 Å². The molecule has 1 amide bonds. The maximum absolute atomic E-state index is 13.3. The number of fused-ring (bicyclic) bond motifs is 1. The molecule has 0 atom stereocenters. The van der Waals surface area contributed by atoms with Gasteiger partial charge in [-0.25, -0.2) is 0 Å². The molecule has 0 radical (unpaired) electrons. The Balaban J connectivity index is 1.22. The Morgan fingerprint density at radius 1 is 1.04 bits per heavy atom. The Morgan fingerprint density at radius 3 is 2.67 bits per heavy atom. The summed E-state index contributed by atoms with van der Waals surface area (Å²) in [6.07, 6.45) is 6.21. The molecule has 4 aromatic rings. The molecule has 1 aliphatic heterocycles. The molecule has 2 heterocycles. The summed E-state index contributed by atoms with van der Waals surface area (Å²) in [5.41, 5.74) is 7.52. The molecule has 0 aliphatic carbocycles. The molecule has 0 saturated heterocycles. The van der Waals surface area contributed by atoms with Crippen molar-refractivity contribution < 1.29 is 27.9 Å². The number of amides is 1. The van der Waals surface area contributed by atoms with E-state index in [9.17, 15) is 18.0 Å². The lowest BCUT2D eigenvalue weighted by Crippen LogP contribution is -2.35. The third-order valence-corrected chi connectivity index (χ3v) is 9.09. The number of rotatable bonds is 14. The standard InChI is InChI=1S/C34H39N5O6S/c1-24-8-3-14-32(25(24)2)45-19-7-15-33(40)39-18-6-12-30-29(11-5-13-31(30)39)27-21-35-38(23-27)22-26-9-4-10-28(20-26)37-46(43,44)36-17-16-34(41)42/h3-5,8-11,13-14,20-21,23,36-37H,6-7,12,15-19,22H2,1-2H3,(H,41,42). The van der Waals surface area contributed by atoms with Gasteiger partial charge in [0.1, 0.15) is 5.75 Å². The average Bonchev–Trinajstić information content (AvgIpc) is 3.48. The second-order valence-corrected chi connectivity index (χ2v) is 12.9. The van der Waals surface area contributed by atoms with Crippen LogP contribution >= 0.6 is 0 Å². The molecule has 3 N–H and O–H groups in total. The summed E-state index contributed by atoms with van der Waals surface area (Å²) in [7, 11) is -3.91. The smallest absolute Gasteiger partial charge is 0.304 e. The van der Waals surface area contributed by atoms with Crippen molar-refractivity contribution in [1.29, 1.82) is 0 Å². The number of aromatic nitrogens is 2. The number of carbonyl (C=O) groups is 2. The van der Waals surface area contributed by atoms with Crippen molar-refractivity contribution in [2.75, 3.05) is 29.3 Å². The van der Waals surface area contributed by atoms with Crippen LogP contribution in [0.2, 0.25) is 0 Å². The number of aryl methyl sites for hydroxylation is 1. The number of anilines is 2. The summed E-state index contributed by atoms with van der Waals surface area (Å²) in [6.45, 7) is 5.46. The van der Waals surface area contributed by atoms with Gasteiger partial charge in [0, 0.05) is 37.0 Å². The van der Waals surface area contributed by atoms with Gasteiger partial charge in [0.15, 0.2) is 0 Å². The van der Waals surface area contributed by atoms with Gasteiger partial charge in [0.05, 0.1) is 31.5 Å². The third kappa shape index (κ3) is 8.32. The quantitative estimate of drug-likeness (QED) is 0.163. The van der Waals surface area contributed by atoms with E-state index >= 15 is 0 Å². The van der Waals surface area contributed by atoms with Gasteiger partial charge in [-0.1, -0.05) is 36.4 Å². The Morgan fingerprint density at radius 2 is 1.85 bits per heavy atom. The van der Waals surface area contributed by atoms with Crippen molar-refractivity contribution in [2.45, 2.75) is 52.5 Å². The molecule has 242 valence electrons. The van der Waals surface area contributed by atoms with Gasteiger partial charge >= 0.3 is 5.97 Å². The third-order valence-electron chi connectivity index (χ3n) is 8.00. The first kappa shape index (κ1) is 32.7. The minimum absolute atomic E-state index is 0.0888. The van der Waals surface area contributed by atoms with E-state index in [-0.39, 0.29) is 18.9 Å². The van der Waals surface area contributed by atoms with Crippen molar-refractivity contribution in [3.63, 3.8) is 0 Å². The molecular weight excluding hydrogens is 606 g/mol. The van der Waals surface area contributed by atoms with Crippen LogP contribution in [0.4, 0.5) is 11.4 Å². The van der Waals surface area contributed by atoms with Crippen molar-refractivity contribution >= 4 is 33.5 Å². The van der Waals surface area contributed by atoms with Crippen LogP contribution in [-0.2, 0) is 32.8 Å². The van der Waals surface area contributed by atoms with Gasteiger partial charge in [-0.15, -0.1) is 0 Å². The molecule has 46 heavy (non-hydrogen) atoms. The van der Waals surface area contributed by atoms with Gasteiger partial charge in [0.25, 0.3) is 10.2 Å². The highest BCUT2D eigenvalue weighted by atomic mass is 32.2. The number of nitrogens with one attached hydrogen (secondary N) is 2. The predicted octanol–water partition coefficient (Wildman–Crippen LogP) is 5.07. The minimum atomic E-state index is -3.91. The maximum atomic E-state index is 13.3. The normalized spacial score (nSPS) is 12.9. The number of hydrogen-bond donors (Lipinski definition) is 3. The molecule has 0 saturated carbocycles. The van der Waals surface area contributed by atoms with Crippen LogP contribution in [0.1, 0.15) is 47.9 Å². The molecular formula is C34H39N5O6S. The molecule has 0 spiro atoms. The summed E-state index contributed by atoms with van der Waals surface area (Å²) in [5, 5.41) is 13.3. The zero-order chi connectivity index (χ0) is 32.7. The topological polar surface area (TPSA) is 143 Å². The summed E-state index contributed by atoms with van der Waals surface area (Å²) in [6, 6.07) is 19.0. The number of carboxylic acids is 1. The number of aliphatic carboxylic acids is 1. The van der Waals surface area contributed by atoms with Gasteiger partial charge < -0.3 is 14.7 Å². The number of ether oxygens (including phenoxy) is 1. The minimum Gasteiger partial charge on any atom is -0.493 e. The number of carbonyl (C=O) groups excluding carboxylic acids is 1. The van der Waals surface area contributed by atoms with E-state index in [2.05, 4.69) is 33.6 Å². The van der Waals surface area contributed by atoms with Crippen LogP contribution < -0.4 is 19.1 Å². The van der Waals surface area contributed by atoms with Crippen molar-refractivity contribution in [3.8, 4) is 16.9 Å². The molecule has 0 bridgehead atoms. The molecule has 3 aromatic carbocycles. The summed E-state index contributed by atoms with van der Waals surface area (Å²) < 4.78 is 36.9. The van der Waals surface area contributed by atoms with Crippen LogP contribution in [-0.4, -0.2) is 54.9 Å². The fraction of sp³-hybridized carbons (Fsp3) is 0.324. The molecule has 12 heteroatoms. The van der Waals surface area contributed by atoms with Gasteiger partial charge in [-0.05, 0) is 85.2 Å². The first-order valence-electron chi connectivity index (χ1n) is 15.3. The molecule has 1 aromatic heterocycles. The molecule has 1 aliphatic rings. The van der Waals surface area contributed by atoms with Crippen molar-refractivity contribution in [3.05, 3.63) is 95.3 Å². The lowest BCUT2D eigenvalue weighted by atomic mass is 9.93. The van der Waals surface area contributed by atoms with Crippen LogP contribution in [0.15, 0.2) is 73.1 Å². The molecule has 0 unspecified atom stereocenters. The first-order chi connectivity index (χ1) is 22.1. The summed E-state index contributed by atoms with van der Waals surface area (Å²) in [5.74, 6) is -0.137. The largest absolute Gasteiger partial charge is 0.493 e. The fourth-order valence-corrected chi connectivity index (χ4v) is 6.45. The lowest BCUT2D eigenvalue weighted by molar-refractivity contribution is -0.136. The van der Waals surface area contributed by atoms with E-state index in [4.69, 9.17) is 9.84 Å². The highest BCUT2D eigenvalue weighted by Crippen LogP contribution is 2.36. The number of nitrogens with zero attached hydrogens (tertiary/aromatic N) is 3. The molecule has 5 rings (SSSR count). The van der Waals surface area contributed by atoms with E-state index in [0.717, 1.165) is 52.1 Å². The SMILES string of the molecule is Cc1cccc(OCCCC(=O)N2CCCc3c(-c4cnn(Cc5cccc(NS(=O)(=O)NCCC(=O)O)c5)c4)cccc32)c1C. The van der Waals surface area contributed by atoms with E-state index in [1.165, 1.54) is 5.56 Å². The van der Waals surface area contributed by atoms with Crippen LogP contribution in [0, 0.1) is 13.8 Å². The Kier molecular flexibility index (Phi) is 10.4. The predicted molar refractivity (Wildman–Crippen MR) is 177 cm³/mol. The Labute approximate surface area is 269 Å². The number of carboxylic acid groups (broad SMARTS) is 1. The monoisotopic (exact) mass is 645 g/mol. The van der Waals surface area contributed by atoms with Crippen LogP contribution in [0.25, 0.3) is 11.1 Å². The summed E-state index contributed by atoms with van der Waals surface area (Å²) in [4.78, 5) is 25.9. The van der Waals surface area contributed by atoms with Crippen LogP contribution in [0.5, 0.6) is 5.75 Å². The van der Waals surface area contributed by atoms with E-state index in [1.54, 1.807) is 29.1 Å². The van der Waals surface area contributed by atoms with E-state index in [0.29, 0.717) is 38.2 Å². The zero-order valence-corrected chi connectivity index (χ0v) is 26.8. The lowest BCUT2D eigenvalue weighted by Gasteiger charge is -2.31. The second-order valence-electron chi connectivity index (χ2n) is 11.4. The fourth-order valence-electron chi connectivity index (χ4n) is 5.57.